The molecule has 3 aromatic heterocycles. The van der Waals surface area contributed by atoms with E-state index in [0.717, 1.165) is 11.3 Å². The molecule has 3 N–H and O–H groups in total. The number of halogens is 3. The van der Waals surface area contributed by atoms with Crippen molar-refractivity contribution in [3.05, 3.63) is 64.3 Å². The Kier molecular flexibility index (Phi) is 12.9. The second-order valence-electron chi connectivity index (χ2n) is 15.0. The number of hydrogen-bond donors (Lipinski definition) is 3. The molecular weight excluding hydrogens is 843 g/mol. The van der Waals surface area contributed by atoms with E-state index in [-0.39, 0.29) is 56.0 Å². The van der Waals surface area contributed by atoms with Crippen LogP contribution in [0, 0.1) is 11.3 Å². The molecule has 4 heterocycles. The summed E-state index contributed by atoms with van der Waals surface area (Å²) < 4.78 is 39.6. The zero-order chi connectivity index (χ0) is 38.6. The van der Waals surface area contributed by atoms with Gasteiger partial charge in [-0.25, -0.2) is 18.4 Å². The van der Waals surface area contributed by atoms with Crippen LogP contribution < -0.4 is 24.8 Å². The molecule has 1 saturated heterocycles. The first-order valence-corrected chi connectivity index (χ1v) is 21.2. The minimum absolute atomic E-state index is 0. The van der Waals surface area contributed by atoms with Gasteiger partial charge in [0.25, 0.3) is 5.91 Å². The Morgan fingerprint density at radius 2 is 1.89 bits per heavy atom. The molecule has 3 fully saturated rings. The largest absolute Gasteiger partial charge is 0.494 e. The van der Waals surface area contributed by atoms with Crippen molar-refractivity contribution < 1.29 is 32.3 Å². The number of benzene rings is 1. The lowest BCUT2D eigenvalue weighted by Gasteiger charge is -2.35. The predicted molar refractivity (Wildman–Crippen MR) is 224 cm³/mol. The van der Waals surface area contributed by atoms with E-state index in [2.05, 4.69) is 26.9 Å². The number of sulfonamides is 1. The third-order valence-corrected chi connectivity index (χ3v) is 13.6. The van der Waals surface area contributed by atoms with Crippen LogP contribution in [0.4, 0.5) is 5.13 Å². The monoisotopic (exact) mass is 884 g/mol. The van der Waals surface area contributed by atoms with Crippen molar-refractivity contribution in [2.75, 3.05) is 19.0 Å². The number of ether oxygens (including phenoxy) is 2. The minimum atomic E-state index is -3.89. The highest BCUT2D eigenvalue weighted by atomic mass is 35.5. The second kappa shape index (κ2) is 16.7. The number of likely N-dealkylation sites (tertiary alicyclic amines) is 1. The Labute approximate surface area is 350 Å². The first-order valence-electron chi connectivity index (χ1n) is 17.5. The van der Waals surface area contributed by atoms with E-state index >= 15 is 0 Å². The molecule has 0 unspecified atom stereocenters. The Hall–Kier alpha value is -3.67. The molecular formula is C37H43Cl3N6O7S3. The number of thiazole rings is 1. The van der Waals surface area contributed by atoms with Crippen LogP contribution in [0.25, 0.3) is 22.0 Å². The van der Waals surface area contributed by atoms with Crippen LogP contribution in [0.3, 0.4) is 0 Å². The van der Waals surface area contributed by atoms with Crippen molar-refractivity contribution in [1.82, 2.24) is 24.9 Å². The number of nitrogens with zero attached hydrogens (tertiary/aromatic N) is 3. The van der Waals surface area contributed by atoms with Crippen LogP contribution in [0.2, 0.25) is 5.02 Å². The van der Waals surface area contributed by atoms with Crippen molar-refractivity contribution in [1.29, 1.82) is 0 Å². The van der Waals surface area contributed by atoms with E-state index in [1.807, 2.05) is 43.0 Å². The zero-order valence-electron chi connectivity index (χ0n) is 30.9. The molecule has 302 valence electrons. The van der Waals surface area contributed by atoms with Crippen LogP contribution >= 0.6 is 59.1 Å². The normalized spacial score (nSPS) is 22.2. The number of hydrogen-bond acceptors (Lipinski definition) is 12. The number of pyridine rings is 1. The summed E-state index contributed by atoms with van der Waals surface area (Å²) in [4.78, 5) is 53.4. The molecule has 1 aliphatic heterocycles. The number of rotatable bonds is 13. The Balaban J connectivity index is 0.00000300. The fourth-order valence-corrected chi connectivity index (χ4v) is 9.73. The summed E-state index contributed by atoms with van der Waals surface area (Å²) in [7, 11) is -2.35. The number of anilines is 1. The van der Waals surface area contributed by atoms with Gasteiger partial charge in [-0.15, -0.1) is 42.7 Å². The van der Waals surface area contributed by atoms with Gasteiger partial charge in [0.15, 0.2) is 5.13 Å². The Bertz CT molecular complexity index is 2230. The molecule has 0 spiro atoms. The first-order chi connectivity index (χ1) is 25.6. The van der Waals surface area contributed by atoms with Gasteiger partial charge in [0.2, 0.25) is 27.7 Å². The maximum absolute atomic E-state index is 14.8. The maximum Gasteiger partial charge on any atom is 0.259 e. The van der Waals surface area contributed by atoms with E-state index < -0.39 is 62.1 Å². The summed E-state index contributed by atoms with van der Waals surface area (Å²) >= 11 is 9.31. The number of carbonyl (C=O) groups excluding carboxylic acids is 3. The van der Waals surface area contributed by atoms with Gasteiger partial charge in [0, 0.05) is 44.5 Å². The summed E-state index contributed by atoms with van der Waals surface area (Å²) in [6.07, 6.45) is 3.52. The van der Waals surface area contributed by atoms with Crippen LogP contribution in [0.1, 0.15) is 46.5 Å². The standard InChI is InChI=1S/C37H41ClN6O7S3.2ClH/c1-6-21-15-37(21,34(47)43-54(48,49)24-8-9-24)42-31(45)28-14-23(51-32-26-13-22(38)7-10-25(26)29(50-5)16-39-32)17-44(28)33(46)30(36(2,3)4)41-35-40-27(19-53-35)20-11-12-52-18-20;;/h6-7,10-13,16,18-19,21,23-24,28,30H,1,8-9,14-15,17H2,2-5H3,(H,40,41)(H,42,45)(H,43,47);2*1H/t21-,23-,28+,30-,37-;;/m1../s1. The second-order valence-corrected chi connectivity index (χ2v) is 19.0. The molecule has 13 nitrogen and oxygen atoms in total. The van der Waals surface area contributed by atoms with Gasteiger partial charge in [-0.05, 0) is 54.3 Å². The van der Waals surface area contributed by atoms with Crippen LogP contribution in [-0.4, -0.2) is 83.6 Å². The quantitative estimate of drug-likeness (QED) is 0.127. The first kappa shape index (κ1) is 43.5. The summed E-state index contributed by atoms with van der Waals surface area (Å²) in [6.45, 7) is 9.58. The van der Waals surface area contributed by atoms with Crippen molar-refractivity contribution in [3.63, 3.8) is 0 Å². The molecule has 0 radical (unpaired) electrons. The maximum atomic E-state index is 14.8. The fraction of sp³-hybridized carbons (Fsp3) is 0.432. The minimum Gasteiger partial charge on any atom is -0.494 e. The van der Waals surface area contributed by atoms with Gasteiger partial charge in [-0.3, -0.25) is 19.1 Å². The third kappa shape index (κ3) is 8.75. The molecule has 1 aromatic carbocycles. The lowest BCUT2D eigenvalue weighted by atomic mass is 9.85. The molecule has 56 heavy (non-hydrogen) atoms. The van der Waals surface area contributed by atoms with Gasteiger partial charge in [-0.1, -0.05) is 38.4 Å². The molecule has 4 aromatic rings. The number of fused-ring (bicyclic) bond motifs is 1. The molecule has 2 saturated carbocycles. The molecule has 5 atom stereocenters. The van der Waals surface area contributed by atoms with Crippen molar-refractivity contribution in [3.8, 4) is 22.9 Å². The molecule has 3 amide bonds. The van der Waals surface area contributed by atoms with E-state index in [9.17, 15) is 22.8 Å². The lowest BCUT2D eigenvalue weighted by Crippen LogP contribution is -2.58. The fourth-order valence-electron chi connectivity index (χ4n) is 6.79. The Morgan fingerprint density at radius 3 is 2.52 bits per heavy atom. The number of amides is 3. The molecule has 7 rings (SSSR count). The molecule has 3 aliphatic rings. The van der Waals surface area contributed by atoms with Crippen molar-refractivity contribution >= 4 is 103 Å². The molecule has 0 bridgehead atoms. The molecule has 2 aliphatic carbocycles. The average molecular weight is 886 g/mol. The highest BCUT2D eigenvalue weighted by molar-refractivity contribution is 7.91. The van der Waals surface area contributed by atoms with Gasteiger partial charge in [0.05, 0.1) is 30.8 Å². The number of carbonyl (C=O) groups is 3. The van der Waals surface area contributed by atoms with Crippen LogP contribution in [0.5, 0.6) is 11.6 Å². The third-order valence-electron chi connectivity index (χ3n) is 10.1. The number of thiophene rings is 1. The van der Waals surface area contributed by atoms with E-state index in [4.69, 9.17) is 26.1 Å². The highest BCUT2D eigenvalue weighted by Gasteiger charge is 2.62. The summed E-state index contributed by atoms with van der Waals surface area (Å²) in [5.74, 6) is -1.54. The van der Waals surface area contributed by atoms with E-state index in [1.165, 1.54) is 35.6 Å². The van der Waals surface area contributed by atoms with Gasteiger partial charge in [-0.2, -0.15) is 11.3 Å². The van der Waals surface area contributed by atoms with Crippen molar-refractivity contribution in [2.24, 2.45) is 11.3 Å². The smallest absolute Gasteiger partial charge is 0.259 e. The summed E-state index contributed by atoms with van der Waals surface area (Å²) in [5, 5.41) is 13.8. The van der Waals surface area contributed by atoms with Gasteiger partial charge < -0.3 is 25.0 Å². The predicted octanol–water partition coefficient (Wildman–Crippen LogP) is 6.47. The van der Waals surface area contributed by atoms with Gasteiger partial charge >= 0.3 is 0 Å². The highest BCUT2D eigenvalue weighted by Crippen LogP contribution is 2.46. The number of methoxy groups -OCH3 is 1. The van der Waals surface area contributed by atoms with Crippen LogP contribution in [-0.2, 0) is 24.4 Å². The van der Waals surface area contributed by atoms with Gasteiger partial charge in [0.1, 0.15) is 29.5 Å². The summed E-state index contributed by atoms with van der Waals surface area (Å²) in [6, 6.07) is 5.30. The number of nitrogens with one attached hydrogen (secondary N) is 3. The van der Waals surface area contributed by atoms with Crippen LogP contribution in [0.15, 0.2) is 59.3 Å². The molecule has 19 heteroatoms. The number of aromatic nitrogens is 2. The zero-order valence-corrected chi connectivity index (χ0v) is 35.8. The Morgan fingerprint density at radius 1 is 1.14 bits per heavy atom. The topological polar surface area (TPSA) is 169 Å². The van der Waals surface area contributed by atoms with E-state index in [0.29, 0.717) is 39.5 Å². The van der Waals surface area contributed by atoms with Crippen molar-refractivity contribution in [2.45, 2.75) is 75.4 Å². The summed E-state index contributed by atoms with van der Waals surface area (Å²) in [5.41, 5.74) is -0.414. The average Bonchev–Trinajstić information content (AvgIpc) is 3.89. The lowest BCUT2D eigenvalue weighted by molar-refractivity contribution is -0.141. The SMILES string of the molecule is C=C[C@@H]1C[C@]1(NC(=O)[C@@H]1C[C@@H](Oc2ncc(OC)c3ccc(Cl)cc23)CN1C(=O)[C@@H](Nc1nc(-c2ccsc2)cs1)C(C)(C)C)C(=O)NS(=O)(=O)C1CC1.Cl.Cl. The van der Waals surface area contributed by atoms with E-state index in [1.54, 1.807) is 29.5 Å².